The normalized spacial score (nSPS) is 11.3. The second-order valence-electron chi connectivity index (χ2n) is 8.53. The number of hydrogen-bond acceptors (Lipinski definition) is 8. The molecule has 0 radical (unpaired) electrons. The number of aryl methyl sites for hydroxylation is 1. The van der Waals surface area contributed by atoms with E-state index in [0.717, 1.165) is 27.2 Å². The molecular weight excluding hydrogens is 538 g/mol. The van der Waals surface area contributed by atoms with E-state index in [1.807, 2.05) is 13.8 Å². The summed E-state index contributed by atoms with van der Waals surface area (Å²) in [5.41, 5.74) is 2.30. The Morgan fingerprint density at radius 1 is 1.09 bits per heavy atom. The fraction of sp³-hybridized carbons (Fsp3) is 0.417. The number of nitrogens with one attached hydrogen (secondary N) is 1. The number of carbonyl (C=O) groups is 3. The van der Waals surface area contributed by atoms with Crippen LogP contribution in [-0.4, -0.2) is 39.8 Å². The minimum Gasteiger partial charge on any atom is -0.459 e. The van der Waals surface area contributed by atoms with Crippen LogP contribution in [0.2, 0.25) is 0 Å². The van der Waals surface area contributed by atoms with Gasteiger partial charge in [0.15, 0.2) is 5.76 Å². The zero-order valence-corrected chi connectivity index (χ0v) is 23.0. The molecule has 3 aromatic heterocycles. The van der Waals surface area contributed by atoms with Gasteiger partial charge in [-0.25, -0.2) is 9.59 Å². The quantitative estimate of drug-likeness (QED) is 0.351. The monoisotopic (exact) mass is 565 g/mol. The maximum absolute atomic E-state index is 13.0. The molecule has 0 atom stereocenters. The average Bonchev–Trinajstić information content (AvgIpc) is 3.41. The molecule has 0 aliphatic rings. The van der Waals surface area contributed by atoms with Crippen LogP contribution in [-0.2, 0) is 16.0 Å². The standard InChI is InChI=1S/C24H28BrN3O6S/c1-11(2)32-23(30)18-13(5)20(24(31)33-12(3)4)35-22(18)26-21(29)17-9-8-16(34-17)10-28-15(7)19(25)14(6)27-28/h8-9,11-12H,10H2,1-7H3,(H,26,29). The summed E-state index contributed by atoms with van der Waals surface area (Å²) in [7, 11) is 0. The highest BCUT2D eigenvalue weighted by Crippen LogP contribution is 2.35. The van der Waals surface area contributed by atoms with Crippen LogP contribution in [0.25, 0.3) is 0 Å². The zero-order chi connectivity index (χ0) is 26.0. The molecule has 35 heavy (non-hydrogen) atoms. The number of ether oxygens (including phenoxy) is 2. The summed E-state index contributed by atoms with van der Waals surface area (Å²) in [5, 5.41) is 7.34. The van der Waals surface area contributed by atoms with E-state index in [-0.39, 0.29) is 33.4 Å². The Morgan fingerprint density at radius 2 is 1.71 bits per heavy atom. The number of esters is 2. The van der Waals surface area contributed by atoms with Crippen LogP contribution in [0.15, 0.2) is 21.0 Å². The van der Waals surface area contributed by atoms with Crippen molar-refractivity contribution >= 4 is 50.1 Å². The van der Waals surface area contributed by atoms with E-state index >= 15 is 0 Å². The molecule has 1 N–H and O–H groups in total. The first-order valence-corrected chi connectivity index (χ1v) is 12.6. The first-order valence-electron chi connectivity index (χ1n) is 11.0. The number of carbonyl (C=O) groups excluding carboxylic acids is 3. The van der Waals surface area contributed by atoms with Crippen LogP contribution in [0, 0.1) is 20.8 Å². The lowest BCUT2D eigenvalue weighted by molar-refractivity contribution is 0.0378. The maximum Gasteiger partial charge on any atom is 0.348 e. The summed E-state index contributed by atoms with van der Waals surface area (Å²) in [5.74, 6) is -1.17. The lowest BCUT2D eigenvalue weighted by atomic mass is 10.1. The molecule has 0 spiro atoms. The minimum atomic E-state index is -0.636. The number of thiophene rings is 1. The molecule has 3 aromatic rings. The van der Waals surface area contributed by atoms with Crippen molar-refractivity contribution < 1.29 is 28.3 Å². The highest BCUT2D eigenvalue weighted by atomic mass is 79.9. The van der Waals surface area contributed by atoms with E-state index in [1.54, 1.807) is 51.4 Å². The molecule has 11 heteroatoms. The second-order valence-corrected chi connectivity index (χ2v) is 10.3. The molecule has 0 bridgehead atoms. The molecule has 9 nitrogen and oxygen atoms in total. The van der Waals surface area contributed by atoms with Gasteiger partial charge in [0.1, 0.15) is 15.6 Å². The molecule has 0 unspecified atom stereocenters. The Balaban J connectivity index is 1.87. The van der Waals surface area contributed by atoms with Crippen molar-refractivity contribution in [2.24, 2.45) is 0 Å². The van der Waals surface area contributed by atoms with Gasteiger partial charge in [-0.1, -0.05) is 0 Å². The predicted octanol–water partition coefficient (Wildman–Crippen LogP) is 5.66. The number of nitrogens with zero attached hydrogens (tertiary/aromatic N) is 2. The molecule has 188 valence electrons. The first-order chi connectivity index (χ1) is 16.4. The van der Waals surface area contributed by atoms with Crippen LogP contribution in [0.5, 0.6) is 0 Å². The van der Waals surface area contributed by atoms with Crippen molar-refractivity contribution in [3.05, 3.63) is 55.5 Å². The molecule has 0 aliphatic carbocycles. The van der Waals surface area contributed by atoms with E-state index in [1.165, 1.54) is 0 Å². The third-order valence-corrected chi connectivity index (χ3v) is 7.27. The fourth-order valence-electron chi connectivity index (χ4n) is 3.31. The lowest BCUT2D eigenvalue weighted by Crippen LogP contribution is -2.17. The van der Waals surface area contributed by atoms with Gasteiger partial charge >= 0.3 is 11.9 Å². The van der Waals surface area contributed by atoms with Gasteiger partial charge < -0.3 is 19.2 Å². The van der Waals surface area contributed by atoms with E-state index in [0.29, 0.717) is 17.9 Å². The van der Waals surface area contributed by atoms with Crippen molar-refractivity contribution in [3.63, 3.8) is 0 Å². The Morgan fingerprint density at radius 3 is 2.29 bits per heavy atom. The largest absolute Gasteiger partial charge is 0.459 e. The van der Waals surface area contributed by atoms with Gasteiger partial charge in [-0.15, -0.1) is 11.3 Å². The van der Waals surface area contributed by atoms with Crippen LogP contribution >= 0.6 is 27.3 Å². The smallest absolute Gasteiger partial charge is 0.348 e. The van der Waals surface area contributed by atoms with Gasteiger partial charge in [0.05, 0.1) is 40.2 Å². The maximum atomic E-state index is 13.0. The number of anilines is 1. The Kier molecular flexibility index (Phi) is 8.22. The average molecular weight is 566 g/mol. The summed E-state index contributed by atoms with van der Waals surface area (Å²) in [6.07, 6.45) is -0.712. The topological polar surface area (TPSA) is 113 Å². The zero-order valence-electron chi connectivity index (χ0n) is 20.6. The van der Waals surface area contributed by atoms with Crippen molar-refractivity contribution in [3.8, 4) is 0 Å². The van der Waals surface area contributed by atoms with Crippen molar-refractivity contribution in [1.29, 1.82) is 0 Å². The van der Waals surface area contributed by atoms with Crippen molar-refractivity contribution in [1.82, 2.24) is 9.78 Å². The van der Waals surface area contributed by atoms with E-state index in [9.17, 15) is 14.4 Å². The fourth-order valence-corrected chi connectivity index (χ4v) is 4.67. The minimum absolute atomic E-state index is 0.0566. The summed E-state index contributed by atoms with van der Waals surface area (Å²) in [6, 6.07) is 3.24. The number of furan rings is 1. The summed E-state index contributed by atoms with van der Waals surface area (Å²) >= 11 is 4.46. The Labute approximate surface area is 215 Å². The molecule has 0 saturated carbocycles. The number of aromatic nitrogens is 2. The highest BCUT2D eigenvalue weighted by molar-refractivity contribution is 9.10. The third-order valence-electron chi connectivity index (χ3n) is 4.93. The number of amides is 1. The van der Waals surface area contributed by atoms with Crippen LogP contribution in [0.4, 0.5) is 5.00 Å². The molecular formula is C24H28BrN3O6S. The lowest BCUT2D eigenvalue weighted by Gasteiger charge is -2.10. The number of hydrogen-bond donors (Lipinski definition) is 1. The third kappa shape index (κ3) is 6.02. The van der Waals surface area contributed by atoms with E-state index in [2.05, 4.69) is 26.3 Å². The molecule has 0 aliphatic heterocycles. The predicted molar refractivity (Wildman–Crippen MR) is 135 cm³/mol. The van der Waals surface area contributed by atoms with E-state index < -0.39 is 17.8 Å². The Hall–Kier alpha value is -2.92. The number of rotatable bonds is 8. The van der Waals surface area contributed by atoms with Gasteiger partial charge in [0, 0.05) is 0 Å². The van der Waals surface area contributed by atoms with Gasteiger partial charge in [-0.2, -0.15) is 5.10 Å². The van der Waals surface area contributed by atoms with Crippen LogP contribution < -0.4 is 5.32 Å². The van der Waals surface area contributed by atoms with E-state index in [4.69, 9.17) is 13.9 Å². The highest BCUT2D eigenvalue weighted by Gasteiger charge is 2.29. The molecule has 1 amide bonds. The first kappa shape index (κ1) is 26.7. The molecule has 0 saturated heterocycles. The van der Waals surface area contributed by atoms with Gasteiger partial charge in [0.25, 0.3) is 5.91 Å². The van der Waals surface area contributed by atoms with Crippen molar-refractivity contribution in [2.75, 3.05) is 5.32 Å². The molecule has 3 heterocycles. The SMILES string of the molecule is Cc1nn(Cc2ccc(C(=O)Nc3sc(C(=O)OC(C)C)c(C)c3C(=O)OC(C)C)o2)c(C)c1Br. The molecule has 0 aromatic carbocycles. The second kappa shape index (κ2) is 10.8. The van der Waals surface area contributed by atoms with Gasteiger partial charge in [-0.3, -0.25) is 9.48 Å². The van der Waals surface area contributed by atoms with Gasteiger partial charge in [0.2, 0.25) is 0 Å². The summed E-state index contributed by atoms with van der Waals surface area (Å²) in [4.78, 5) is 38.5. The summed E-state index contributed by atoms with van der Waals surface area (Å²) in [6.45, 7) is 12.7. The molecule has 0 fully saturated rings. The molecule has 3 rings (SSSR count). The Bertz CT molecular complexity index is 1270. The van der Waals surface area contributed by atoms with Crippen molar-refractivity contribution in [2.45, 2.75) is 67.2 Å². The van der Waals surface area contributed by atoms with Crippen LogP contribution in [0.3, 0.4) is 0 Å². The summed E-state index contributed by atoms with van der Waals surface area (Å²) < 4.78 is 19.1. The number of halogens is 1. The van der Waals surface area contributed by atoms with Crippen LogP contribution in [0.1, 0.15) is 81.0 Å². The van der Waals surface area contributed by atoms with Gasteiger partial charge in [-0.05, 0) is 82.1 Å².